The molecular formula is C14H24N4O2. The molecular weight excluding hydrogens is 256 g/mol. The third kappa shape index (κ3) is 2.80. The van der Waals surface area contributed by atoms with Crippen LogP contribution in [-0.2, 0) is 4.74 Å². The van der Waals surface area contributed by atoms with Gasteiger partial charge < -0.3 is 15.4 Å². The van der Waals surface area contributed by atoms with Gasteiger partial charge in [0.25, 0.3) is 5.91 Å². The maximum atomic E-state index is 12.6. The molecule has 0 bridgehead atoms. The van der Waals surface area contributed by atoms with Crippen molar-refractivity contribution >= 4 is 11.6 Å². The normalized spacial score (nSPS) is 22.3. The number of aromatic amines is 1. The van der Waals surface area contributed by atoms with Crippen LogP contribution in [0.25, 0.3) is 0 Å². The van der Waals surface area contributed by atoms with Gasteiger partial charge in [0.2, 0.25) is 0 Å². The van der Waals surface area contributed by atoms with Crippen LogP contribution in [0.1, 0.15) is 56.7 Å². The van der Waals surface area contributed by atoms with Gasteiger partial charge in [-0.1, -0.05) is 13.8 Å². The standard InChI is InChI=1S/C14H24N4O2/c1-8(2)11-10(15)12(17-16-11)13(19)18-6-9(3)20-14(4,5)7-18/h8-9H,6-7,15H2,1-5H3,(H,16,17). The molecule has 112 valence electrons. The fourth-order valence-electron chi connectivity index (χ4n) is 2.73. The van der Waals surface area contributed by atoms with E-state index in [0.717, 1.165) is 5.69 Å². The summed E-state index contributed by atoms with van der Waals surface area (Å²) in [7, 11) is 0. The molecule has 20 heavy (non-hydrogen) atoms. The zero-order valence-corrected chi connectivity index (χ0v) is 12.9. The Morgan fingerprint density at radius 2 is 2.20 bits per heavy atom. The van der Waals surface area contributed by atoms with Gasteiger partial charge >= 0.3 is 0 Å². The number of nitrogens with one attached hydrogen (secondary N) is 1. The van der Waals surface area contributed by atoms with Crippen LogP contribution in [0, 0.1) is 0 Å². The summed E-state index contributed by atoms with van der Waals surface area (Å²) in [4.78, 5) is 14.4. The summed E-state index contributed by atoms with van der Waals surface area (Å²) in [5.41, 5.74) is 7.29. The van der Waals surface area contributed by atoms with Crippen molar-refractivity contribution in [3.63, 3.8) is 0 Å². The van der Waals surface area contributed by atoms with Crippen LogP contribution in [-0.4, -0.2) is 45.8 Å². The number of H-pyrrole nitrogens is 1. The van der Waals surface area contributed by atoms with Crippen molar-refractivity contribution in [2.24, 2.45) is 0 Å². The second kappa shape index (κ2) is 5.09. The Kier molecular flexibility index (Phi) is 3.77. The number of hydrogen-bond donors (Lipinski definition) is 2. The Morgan fingerprint density at radius 3 is 2.70 bits per heavy atom. The van der Waals surface area contributed by atoms with Gasteiger partial charge in [0.1, 0.15) is 0 Å². The Morgan fingerprint density at radius 1 is 1.55 bits per heavy atom. The molecule has 2 rings (SSSR count). The van der Waals surface area contributed by atoms with Gasteiger partial charge in [0.05, 0.1) is 23.1 Å². The number of nitrogens with zero attached hydrogens (tertiary/aromatic N) is 2. The summed E-state index contributed by atoms with van der Waals surface area (Å²) >= 11 is 0. The molecule has 3 N–H and O–H groups in total. The highest BCUT2D eigenvalue weighted by molar-refractivity contribution is 5.97. The maximum absolute atomic E-state index is 12.6. The number of hydrogen-bond acceptors (Lipinski definition) is 4. The fourth-order valence-corrected chi connectivity index (χ4v) is 2.73. The second-order valence-electron chi connectivity index (χ2n) is 6.43. The van der Waals surface area contributed by atoms with Gasteiger partial charge in [-0.25, -0.2) is 0 Å². The molecule has 1 amide bonds. The van der Waals surface area contributed by atoms with E-state index in [-0.39, 0.29) is 23.5 Å². The maximum Gasteiger partial charge on any atom is 0.276 e. The first-order chi connectivity index (χ1) is 9.21. The molecule has 0 aliphatic carbocycles. The van der Waals surface area contributed by atoms with E-state index in [0.29, 0.717) is 24.5 Å². The average Bonchev–Trinajstić information content (AvgIpc) is 2.67. The fraction of sp³-hybridized carbons (Fsp3) is 0.714. The first kappa shape index (κ1) is 14.8. The summed E-state index contributed by atoms with van der Waals surface area (Å²) in [5.74, 6) is 0.0815. The van der Waals surface area contributed by atoms with Crippen LogP contribution in [0.2, 0.25) is 0 Å². The Balaban J connectivity index is 2.23. The van der Waals surface area contributed by atoms with Crippen LogP contribution in [0.15, 0.2) is 0 Å². The van der Waals surface area contributed by atoms with E-state index in [1.807, 2.05) is 34.6 Å². The summed E-state index contributed by atoms with van der Waals surface area (Å²) < 4.78 is 5.81. The number of anilines is 1. The first-order valence-electron chi connectivity index (χ1n) is 7.02. The number of nitrogen functional groups attached to an aromatic ring is 1. The van der Waals surface area contributed by atoms with Crippen molar-refractivity contribution in [3.8, 4) is 0 Å². The highest BCUT2D eigenvalue weighted by atomic mass is 16.5. The van der Waals surface area contributed by atoms with Crippen LogP contribution in [0.4, 0.5) is 5.69 Å². The molecule has 1 aliphatic heterocycles. The van der Waals surface area contributed by atoms with Crippen molar-refractivity contribution in [2.75, 3.05) is 18.8 Å². The monoisotopic (exact) mass is 280 g/mol. The minimum atomic E-state index is -0.348. The lowest BCUT2D eigenvalue weighted by molar-refractivity contribution is -0.118. The molecule has 1 unspecified atom stereocenters. The minimum absolute atomic E-state index is 0.00688. The third-order valence-electron chi connectivity index (χ3n) is 3.47. The van der Waals surface area contributed by atoms with Gasteiger partial charge in [-0.2, -0.15) is 5.10 Å². The van der Waals surface area contributed by atoms with Crippen LogP contribution < -0.4 is 5.73 Å². The van der Waals surface area contributed by atoms with E-state index in [9.17, 15) is 4.79 Å². The molecule has 0 spiro atoms. The van der Waals surface area contributed by atoms with E-state index in [4.69, 9.17) is 10.5 Å². The number of amides is 1. The molecule has 0 saturated carbocycles. The SMILES string of the molecule is CC1CN(C(=O)c2n[nH]c(C(C)C)c2N)CC(C)(C)O1. The van der Waals surface area contributed by atoms with Crippen molar-refractivity contribution < 1.29 is 9.53 Å². The van der Waals surface area contributed by atoms with Gasteiger partial charge in [-0.15, -0.1) is 0 Å². The molecule has 1 aromatic rings. The number of carbonyl (C=O) groups is 1. The molecule has 1 aromatic heterocycles. The van der Waals surface area contributed by atoms with Crippen molar-refractivity contribution in [2.45, 2.75) is 52.2 Å². The van der Waals surface area contributed by atoms with E-state index >= 15 is 0 Å². The number of rotatable bonds is 2. The van der Waals surface area contributed by atoms with E-state index in [1.165, 1.54) is 0 Å². The predicted molar refractivity (Wildman–Crippen MR) is 77.6 cm³/mol. The number of ether oxygens (including phenoxy) is 1. The quantitative estimate of drug-likeness (QED) is 0.864. The number of morpholine rings is 1. The van der Waals surface area contributed by atoms with Gasteiger partial charge in [-0.3, -0.25) is 9.89 Å². The Bertz CT molecular complexity index is 507. The molecule has 1 aliphatic rings. The van der Waals surface area contributed by atoms with E-state index in [1.54, 1.807) is 4.90 Å². The molecule has 1 saturated heterocycles. The van der Waals surface area contributed by atoms with E-state index < -0.39 is 0 Å². The van der Waals surface area contributed by atoms with Crippen molar-refractivity contribution in [3.05, 3.63) is 11.4 Å². The lowest BCUT2D eigenvalue weighted by Crippen LogP contribution is -2.53. The zero-order chi connectivity index (χ0) is 15.1. The Labute approximate surface area is 119 Å². The van der Waals surface area contributed by atoms with Gasteiger partial charge in [0, 0.05) is 13.1 Å². The summed E-state index contributed by atoms with van der Waals surface area (Å²) in [6.45, 7) is 11.1. The topological polar surface area (TPSA) is 84.2 Å². The summed E-state index contributed by atoms with van der Waals surface area (Å²) in [6, 6.07) is 0. The number of nitrogens with two attached hydrogens (primary N) is 1. The average molecular weight is 280 g/mol. The summed E-state index contributed by atoms with van der Waals surface area (Å²) in [5, 5.41) is 6.97. The molecule has 0 radical (unpaired) electrons. The van der Waals surface area contributed by atoms with Crippen LogP contribution >= 0.6 is 0 Å². The van der Waals surface area contributed by atoms with E-state index in [2.05, 4.69) is 10.2 Å². The number of aromatic nitrogens is 2. The highest BCUT2D eigenvalue weighted by Crippen LogP contribution is 2.26. The summed E-state index contributed by atoms with van der Waals surface area (Å²) in [6.07, 6.45) is 0.00688. The Hall–Kier alpha value is -1.56. The number of carbonyl (C=O) groups excluding carboxylic acids is 1. The van der Waals surface area contributed by atoms with Gasteiger partial charge in [0.15, 0.2) is 5.69 Å². The second-order valence-corrected chi connectivity index (χ2v) is 6.43. The lowest BCUT2D eigenvalue weighted by Gasteiger charge is -2.41. The molecule has 0 aromatic carbocycles. The van der Waals surface area contributed by atoms with Crippen molar-refractivity contribution in [1.82, 2.24) is 15.1 Å². The first-order valence-corrected chi connectivity index (χ1v) is 7.02. The van der Waals surface area contributed by atoms with Crippen LogP contribution in [0.5, 0.6) is 0 Å². The van der Waals surface area contributed by atoms with Crippen molar-refractivity contribution in [1.29, 1.82) is 0 Å². The van der Waals surface area contributed by atoms with Crippen LogP contribution in [0.3, 0.4) is 0 Å². The lowest BCUT2D eigenvalue weighted by atomic mass is 10.0. The minimum Gasteiger partial charge on any atom is -0.395 e. The smallest absolute Gasteiger partial charge is 0.276 e. The largest absolute Gasteiger partial charge is 0.395 e. The predicted octanol–water partition coefficient (Wildman–Crippen LogP) is 1.75. The third-order valence-corrected chi connectivity index (χ3v) is 3.47. The molecule has 6 heteroatoms. The highest BCUT2D eigenvalue weighted by Gasteiger charge is 2.35. The molecule has 6 nitrogen and oxygen atoms in total. The molecule has 1 fully saturated rings. The molecule has 2 heterocycles. The van der Waals surface area contributed by atoms with Gasteiger partial charge in [-0.05, 0) is 26.7 Å². The zero-order valence-electron chi connectivity index (χ0n) is 12.9. The molecule has 1 atom stereocenters.